The molecule has 18 heavy (non-hydrogen) atoms. The molecule has 0 amide bonds. The first-order valence-electron chi connectivity index (χ1n) is 8.79. The minimum atomic E-state index is 1.06. The molecule has 0 spiro atoms. The highest BCUT2D eigenvalue weighted by Crippen LogP contribution is 2.24. The van der Waals surface area contributed by atoms with Crippen LogP contribution in [0.1, 0.15) is 106 Å². The van der Waals surface area contributed by atoms with E-state index in [1.165, 1.54) is 64.2 Å². The first kappa shape index (κ1) is 20.3. The SMILES string of the molecule is C1CCC1.CC.CC.CC1CCC1.CC1CCC1. The van der Waals surface area contributed by atoms with E-state index >= 15 is 0 Å². The molecule has 3 aliphatic rings. The van der Waals surface area contributed by atoms with Gasteiger partial charge in [0.1, 0.15) is 0 Å². The summed E-state index contributed by atoms with van der Waals surface area (Å²) in [5.41, 5.74) is 0. The standard InChI is InChI=1S/2C5H10.C4H8.2C2H6/c2*1-5-3-2-4-5;1-2-4-3-1;2*1-2/h2*5H,2-4H2,1H3;1-4H2;2*1-2H3. The van der Waals surface area contributed by atoms with Crippen molar-refractivity contribution in [2.24, 2.45) is 11.8 Å². The molecule has 112 valence electrons. The van der Waals surface area contributed by atoms with Crippen LogP contribution in [0.25, 0.3) is 0 Å². The molecule has 0 aliphatic heterocycles. The molecule has 3 aliphatic carbocycles. The smallest absolute Gasteiger partial charge is 0.0443 e. The van der Waals surface area contributed by atoms with Crippen LogP contribution in [-0.2, 0) is 0 Å². The van der Waals surface area contributed by atoms with Crippen molar-refractivity contribution in [1.29, 1.82) is 0 Å². The molecule has 3 saturated carbocycles. The lowest BCUT2D eigenvalue weighted by molar-refractivity contribution is 0.346. The van der Waals surface area contributed by atoms with E-state index in [2.05, 4.69) is 13.8 Å². The first-order chi connectivity index (χ1) is 8.79. The van der Waals surface area contributed by atoms with Gasteiger partial charge in [0.2, 0.25) is 0 Å². The van der Waals surface area contributed by atoms with Crippen LogP contribution >= 0.6 is 0 Å². The molecule has 0 radical (unpaired) electrons. The highest BCUT2D eigenvalue weighted by atomic mass is 14.2. The van der Waals surface area contributed by atoms with Gasteiger partial charge in [-0.1, -0.05) is 106 Å². The summed E-state index contributed by atoms with van der Waals surface area (Å²) in [5.74, 6) is 2.13. The molecule has 0 aromatic rings. The second-order valence-corrected chi connectivity index (χ2v) is 5.49. The molecule has 3 rings (SSSR count). The number of hydrogen-bond acceptors (Lipinski definition) is 0. The average Bonchev–Trinajstić information content (AvgIpc) is 2.28. The van der Waals surface area contributed by atoms with Gasteiger partial charge >= 0.3 is 0 Å². The summed E-state index contributed by atoms with van der Waals surface area (Å²) in [5, 5.41) is 0. The average molecular weight is 257 g/mol. The Hall–Kier alpha value is 0. The molecule has 0 aromatic carbocycles. The zero-order chi connectivity index (χ0) is 14.2. The van der Waals surface area contributed by atoms with E-state index in [1.54, 1.807) is 0 Å². The van der Waals surface area contributed by atoms with Gasteiger partial charge in [0.25, 0.3) is 0 Å². The van der Waals surface area contributed by atoms with Gasteiger partial charge in [-0.05, 0) is 11.8 Å². The van der Waals surface area contributed by atoms with E-state index in [1.807, 2.05) is 27.7 Å². The quantitative estimate of drug-likeness (QED) is 0.429. The highest BCUT2D eigenvalue weighted by Gasteiger charge is 2.09. The molecule has 3 fully saturated rings. The molecule has 0 heteroatoms. The van der Waals surface area contributed by atoms with Crippen molar-refractivity contribution in [3.63, 3.8) is 0 Å². The second-order valence-electron chi connectivity index (χ2n) is 5.49. The van der Waals surface area contributed by atoms with Crippen LogP contribution in [0.5, 0.6) is 0 Å². The topological polar surface area (TPSA) is 0 Å². The molecular formula is C18H40. The maximum Gasteiger partial charge on any atom is -0.0443 e. The van der Waals surface area contributed by atoms with Gasteiger partial charge in [0.15, 0.2) is 0 Å². The maximum absolute atomic E-state index is 2.31. The van der Waals surface area contributed by atoms with Crippen molar-refractivity contribution in [3.8, 4) is 0 Å². The van der Waals surface area contributed by atoms with Crippen LogP contribution in [0.3, 0.4) is 0 Å². The Morgan fingerprint density at radius 3 is 0.611 bits per heavy atom. The fourth-order valence-corrected chi connectivity index (χ4v) is 1.47. The molecule has 0 unspecified atom stereocenters. The van der Waals surface area contributed by atoms with Crippen molar-refractivity contribution < 1.29 is 0 Å². The van der Waals surface area contributed by atoms with Gasteiger partial charge in [-0.3, -0.25) is 0 Å². The van der Waals surface area contributed by atoms with Crippen molar-refractivity contribution in [1.82, 2.24) is 0 Å². The Morgan fingerprint density at radius 2 is 0.611 bits per heavy atom. The first-order valence-corrected chi connectivity index (χ1v) is 8.79. The van der Waals surface area contributed by atoms with E-state index in [4.69, 9.17) is 0 Å². The Morgan fingerprint density at radius 1 is 0.444 bits per heavy atom. The molecular weight excluding hydrogens is 216 g/mol. The normalized spacial score (nSPS) is 20.3. The number of hydrogen-bond donors (Lipinski definition) is 0. The van der Waals surface area contributed by atoms with Crippen LogP contribution < -0.4 is 0 Å². The Bertz CT molecular complexity index is 100. The van der Waals surface area contributed by atoms with Gasteiger partial charge < -0.3 is 0 Å². The molecule has 0 saturated heterocycles. The van der Waals surface area contributed by atoms with Crippen LogP contribution in [0.15, 0.2) is 0 Å². The lowest BCUT2D eigenvalue weighted by Crippen LogP contribution is -2.04. The van der Waals surface area contributed by atoms with Gasteiger partial charge in [-0.15, -0.1) is 0 Å². The molecule has 0 heterocycles. The summed E-state index contributed by atoms with van der Waals surface area (Å²) >= 11 is 0. The van der Waals surface area contributed by atoms with Crippen LogP contribution in [0.4, 0.5) is 0 Å². The highest BCUT2D eigenvalue weighted by molar-refractivity contribution is 4.62. The third-order valence-electron chi connectivity index (χ3n) is 3.79. The molecule has 0 aromatic heterocycles. The zero-order valence-electron chi connectivity index (χ0n) is 14.2. The Labute approximate surface area is 118 Å². The minimum Gasteiger partial charge on any atom is -0.0683 e. The zero-order valence-corrected chi connectivity index (χ0v) is 14.2. The van der Waals surface area contributed by atoms with Gasteiger partial charge in [0, 0.05) is 0 Å². The predicted octanol–water partition coefficient (Wildman–Crippen LogP) is 7.23. The largest absolute Gasteiger partial charge is 0.0683 e. The lowest BCUT2D eigenvalue weighted by atomic mass is 9.88. The summed E-state index contributed by atoms with van der Waals surface area (Å²) in [6.45, 7) is 12.6. The molecule has 0 N–H and O–H groups in total. The van der Waals surface area contributed by atoms with Crippen LogP contribution in [0, 0.1) is 11.8 Å². The van der Waals surface area contributed by atoms with Crippen molar-refractivity contribution in [2.75, 3.05) is 0 Å². The number of rotatable bonds is 0. The van der Waals surface area contributed by atoms with Crippen LogP contribution in [0.2, 0.25) is 0 Å². The van der Waals surface area contributed by atoms with E-state index in [9.17, 15) is 0 Å². The van der Waals surface area contributed by atoms with E-state index < -0.39 is 0 Å². The van der Waals surface area contributed by atoms with Crippen LogP contribution in [-0.4, -0.2) is 0 Å². The maximum atomic E-state index is 2.31. The summed E-state index contributed by atoms with van der Waals surface area (Å²) in [4.78, 5) is 0. The van der Waals surface area contributed by atoms with Crippen molar-refractivity contribution >= 4 is 0 Å². The third-order valence-corrected chi connectivity index (χ3v) is 3.79. The Balaban J connectivity index is 0. The third kappa shape index (κ3) is 14.1. The Kier molecular flexibility index (Phi) is 19.2. The summed E-state index contributed by atoms with van der Waals surface area (Å²) in [7, 11) is 0. The van der Waals surface area contributed by atoms with Crippen molar-refractivity contribution in [2.45, 2.75) is 106 Å². The minimum absolute atomic E-state index is 1.06. The van der Waals surface area contributed by atoms with Gasteiger partial charge in [0.05, 0.1) is 0 Å². The lowest BCUT2D eigenvalue weighted by Gasteiger charge is -2.18. The van der Waals surface area contributed by atoms with E-state index in [-0.39, 0.29) is 0 Å². The van der Waals surface area contributed by atoms with E-state index in [0.717, 1.165) is 11.8 Å². The fourth-order valence-electron chi connectivity index (χ4n) is 1.47. The summed E-state index contributed by atoms with van der Waals surface area (Å²) in [6.07, 6.45) is 14.9. The molecule has 0 atom stereocenters. The van der Waals surface area contributed by atoms with Gasteiger partial charge in [-0.25, -0.2) is 0 Å². The van der Waals surface area contributed by atoms with Crippen molar-refractivity contribution in [3.05, 3.63) is 0 Å². The molecule has 0 bridgehead atoms. The fraction of sp³-hybridized carbons (Fsp3) is 1.00. The van der Waals surface area contributed by atoms with E-state index in [0.29, 0.717) is 0 Å². The molecule has 0 nitrogen and oxygen atoms in total. The monoisotopic (exact) mass is 256 g/mol. The summed E-state index contributed by atoms with van der Waals surface area (Å²) in [6, 6.07) is 0. The van der Waals surface area contributed by atoms with Gasteiger partial charge in [-0.2, -0.15) is 0 Å². The second kappa shape index (κ2) is 17.0. The summed E-state index contributed by atoms with van der Waals surface area (Å²) < 4.78 is 0. The predicted molar refractivity (Wildman–Crippen MR) is 87.2 cm³/mol.